The van der Waals surface area contributed by atoms with Gasteiger partial charge in [-0.1, -0.05) is 36.4 Å². The van der Waals surface area contributed by atoms with Gasteiger partial charge in [0.2, 0.25) is 0 Å². The molecule has 1 heterocycles. The summed E-state index contributed by atoms with van der Waals surface area (Å²) in [6.07, 6.45) is 1.72. The van der Waals surface area contributed by atoms with Crippen LogP contribution in [0.15, 0.2) is 60.8 Å². The van der Waals surface area contributed by atoms with E-state index in [4.69, 9.17) is 12.2 Å². The second-order valence-electron chi connectivity index (χ2n) is 5.10. The molecule has 4 nitrogen and oxygen atoms in total. The monoisotopic (exact) mass is 321 g/mol. The average molecular weight is 321 g/mol. The molecule has 3 aromatic rings. The van der Waals surface area contributed by atoms with E-state index >= 15 is 0 Å². The number of hydrogen-bond donors (Lipinski definition) is 2. The number of aryl methyl sites for hydroxylation is 1. The number of para-hydroxylation sites is 1. The molecule has 114 valence electrons. The molecule has 0 saturated heterocycles. The third-order valence-corrected chi connectivity index (χ3v) is 3.70. The van der Waals surface area contributed by atoms with Crippen molar-refractivity contribution in [2.24, 2.45) is 0 Å². The number of carbonyl (C=O) groups is 1. The first kappa shape index (κ1) is 15.1. The van der Waals surface area contributed by atoms with E-state index in [0.717, 1.165) is 22.2 Å². The predicted octanol–water partition coefficient (Wildman–Crippen LogP) is 3.67. The van der Waals surface area contributed by atoms with Crippen LogP contribution in [-0.2, 0) is 0 Å². The van der Waals surface area contributed by atoms with Gasteiger partial charge in [0.15, 0.2) is 5.11 Å². The van der Waals surface area contributed by atoms with Crippen LogP contribution in [0, 0.1) is 6.92 Å². The number of rotatable bonds is 2. The van der Waals surface area contributed by atoms with Crippen LogP contribution in [0.5, 0.6) is 0 Å². The number of thiocarbonyl (C=S) groups is 1. The summed E-state index contributed by atoms with van der Waals surface area (Å²) >= 11 is 5.25. The maximum Gasteiger partial charge on any atom is 0.257 e. The zero-order chi connectivity index (χ0) is 16.2. The molecule has 0 atom stereocenters. The van der Waals surface area contributed by atoms with Crippen LogP contribution in [0.1, 0.15) is 15.9 Å². The van der Waals surface area contributed by atoms with Crippen molar-refractivity contribution in [3.63, 3.8) is 0 Å². The lowest BCUT2D eigenvalue weighted by atomic mass is 10.1. The molecule has 0 aliphatic heterocycles. The molecule has 0 spiro atoms. The fraction of sp³-hybridized carbons (Fsp3) is 0.0556. The van der Waals surface area contributed by atoms with E-state index < -0.39 is 0 Å². The summed E-state index contributed by atoms with van der Waals surface area (Å²) in [7, 11) is 0. The maximum atomic E-state index is 12.3. The van der Waals surface area contributed by atoms with E-state index in [1.807, 2.05) is 55.5 Å². The molecule has 0 saturated carbocycles. The minimum absolute atomic E-state index is 0.228. The number of fused-ring (bicyclic) bond motifs is 1. The number of pyridine rings is 1. The molecule has 0 bridgehead atoms. The molecule has 3 rings (SSSR count). The Bertz CT molecular complexity index is 887. The van der Waals surface area contributed by atoms with Gasteiger partial charge in [-0.2, -0.15) is 0 Å². The predicted molar refractivity (Wildman–Crippen MR) is 96.6 cm³/mol. The Balaban J connectivity index is 1.77. The highest BCUT2D eigenvalue weighted by molar-refractivity contribution is 7.80. The lowest BCUT2D eigenvalue weighted by Crippen LogP contribution is -2.34. The molecule has 1 aromatic heterocycles. The fourth-order valence-electron chi connectivity index (χ4n) is 2.36. The van der Waals surface area contributed by atoms with Crippen molar-refractivity contribution in [1.82, 2.24) is 10.3 Å². The van der Waals surface area contributed by atoms with Gasteiger partial charge >= 0.3 is 0 Å². The van der Waals surface area contributed by atoms with Crippen molar-refractivity contribution in [1.29, 1.82) is 0 Å². The van der Waals surface area contributed by atoms with Gasteiger partial charge in [0, 0.05) is 17.1 Å². The number of carbonyl (C=O) groups excluding carboxylic acids is 1. The molecule has 23 heavy (non-hydrogen) atoms. The van der Waals surface area contributed by atoms with Crippen LogP contribution >= 0.6 is 12.2 Å². The van der Waals surface area contributed by atoms with Crippen LogP contribution in [0.25, 0.3) is 10.9 Å². The minimum Gasteiger partial charge on any atom is -0.331 e. The second kappa shape index (κ2) is 6.54. The summed E-state index contributed by atoms with van der Waals surface area (Å²) in [6.45, 7) is 1.89. The Morgan fingerprint density at radius 1 is 1.04 bits per heavy atom. The molecule has 2 N–H and O–H groups in total. The van der Waals surface area contributed by atoms with E-state index in [1.165, 1.54) is 0 Å². The maximum absolute atomic E-state index is 12.3. The Kier molecular flexibility index (Phi) is 4.30. The zero-order valence-corrected chi connectivity index (χ0v) is 13.4. The van der Waals surface area contributed by atoms with Crippen LogP contribution in [-0.4, -0.2) is 16.0 Å². The van der Waals surface area contributed by atoms with Gasteiger partial charge in [0.25, 0.3) is 5.91 Å². The number of anilines is 1. The molecular formula is C18H15N3OS. The summed E-state index contributed by atoms with van der Waals surface area (Å²) in [5, 5.41) is 7.00. The van der Waals surface area contributed by atoms with E-state index in [1.54, 1.807) is 12.3 Å². The van der Waals surface area contributed by atoms with Crippen LogP contribution in [0.2, 0.25) is 0 Å². The summed E-state index contributed by atoms with van der Waals surface area (Å²) < 4.78 is 0. The van der Waals surface area contributed by atoms with Gasteiger partial charge in [0.05, 0.1) is 11.2 Å². The topological polar surface area (TPSA) is 54.0 Å². The highest BCUT2D eigenvalue weighted by Gasteiger charge is 2.11. The number of nitrogens with zero attached hydrogens (tertiary/aromatic N) is 1. The molecule has 0 radical (unpaired) electrons. The van der Waals surface area contributed by atoms with Crippen molar-refractivity contribution in [2.75, 3.05) is 5.32 Å². The molecule has 0 fully saturated rings. The number of nitrogens with one attached hydrogen (secondary N) is 2. The third-order valence-electron chi connectivity index (χ3n) is 3.50. The summed E-state index contributed by atoms with van der Waals surface area (Å²) in [5.74, 6) is -0.228. The van der Waals surface area contributed by atoms with Crippen molar-refractivity contribution in [2.45, 2.75) is 6.92 Å². The summed E-state index contributed by atoms with van der Waals surface area (Å²) in [4.78, 5) is 16.6. The first-order valence-corrected chi connectivity index (χ1v) is 7.58. The normalized spacial score (nSPS) is 10.3. The largest absolute Gasteiger partial charge is 0.331 e. The molecule has 1 amide bonds. The van der Waals surface area contributed by atoms with Gasteiger partial charge in [0.1, 0.15) is 0 Å². The minimum atomic E-state index is -0.228. The number of amides is 1. The van der Waals surface area contributed by atoms with Crippen LogP contribution in [0.4, 0.5) is 5.69 Å². The third kappa shape index (κ3) is 3.35. The van der Waals surface area contributed by atoms with Crippen LogP contribution < -0.4 is 10.6 Å². The summed E-state index contributed by atoms with van der Waals surface area (Å²) in [5.41, 5.74) is 3.08. The zero-order valence-electron chi connectivity index (χ0n) is 12.5. The molecule has 0 aliphatic rings. The van der Waals surface area contributed by atoms with E-state index in [9.17, 15) is 4.79 Å². The van der Waals surface area contributed by atoms with Gasteiger partial charge in [-0.3, -0.25) is 15.1 Å². The number of hydrogen-bond acceptors (Lipinski definition) is 3. The lowest BCUT2D eigenvalue weighted by Gasteiger charge is -2.12. The second-order valence-corrected chi connectivity index (χ2v) is 5.51. The molecule has 0 aliphatic carbocycles. The Hall–Kier alpha value is -2.79. The summed E-state index contributed by atoms with van der Waals surface area (Å²) in [6, 6.07) is 17.0. The van der Waals surface area contributed by atoms with Gasteiger partial charge in [-0.25, -0.2) is 0 Å². The first-order valence-electron chi connectivity index (χ1n) is 7.17. The number of benzene rings is 2. The number of aromatic nitrogens is 1. The van der Waals surface area contributed by atoms with Crippen molar-refractivity contribution >= 4 is 39.8 Å². The molecular weight excluding hydrogens is 306 g/mol. The van der Waals surface area contributed by atoms with E-state index in [-0.39, 0.29) is 11.0 Å². The van der Waals surface area contributed by atoms with Crippen molar-refractivity contribution in [3.8, 4) is 0 Å². The molecule has 5 heteroatoms. The van der Waals surface area contributed by atoms with E-state index in [2.05, 4.69) is 15.6 Å². The smallest absolute Gasteiger partial charge is 0.257 e. The van der Waals surface area contributed by atoms with Crippen molar-refractivity contribution in [3.05, 3.63) is 71.9 Å². The van der Waals surface area contributed by atoms with Crippen LogP contribution in [0.3, 0.4) is 0 Å². The highest BCUT2D eigenvalue weighted by Crippen LogP contribution is 2.20. The van der Waals surface area contributed by atoms with E-state index in [0.29, 0.717) is 5.56 Å². The standard InChI is InChI=1S/C18H15N3OS/c1-12-6-2-3-9-14(12)17(22)21-18(23)20-15-10-4-7-13-8-5-11-19-16(13)15/h2-11H,1H3,(H2,20,21,22,23). The Morgan fingerprint density at radius 3 is 2.65 bits per heavy atom. The van der Waals surface area contributed by atoms with Gasteiger partial charge in [-0.15, -0.1) is 0 Å². The van der Waals surface area contributed by atoms with Gasteiger partial charge in [-0.05, 0) is 42.9 Å². The highest BCUT2D eigenvalue weighted by atomic mass is 32.1. The quantitative estimate of drug-likeness (QED) is 0.707. The molecule has 0 unspecified atom stereocenters. The average Bonchev–Trinajstić information content (AvgIpc) is 2.55. The Labute approximate surface area is 139 Å². The first-order chi connectivity index (χ1) is 11.1. The van der Waals surface area contributed by atoms with Crippen molar-refractivity contribution < 1.29 is 4.79 Å². The fourth-order valence-corrected chi connectivity index (χ4v) is 2.56. The SMILES string of the molecule is Cc1ccccc1C(=O)NC(=S)Nc1cccc2cccnc12. The van der Waals surface area contributed by atoms with Gasteiger partial charge < -0.3 is 5.32 Å². The molecule has 2 aromatic carbocycles. The Morgan fingerprint density at radius 2 is 1.83 bits per heavy atom. The lowest BCUT2D eigenvalue weighted by molar-refractivity contribution is 0.0977.